The normalized spacial score (nSPS) is 55.4. The first-order valence-corrected chi connectivity index (χ1v) is 7.31. The molecule has 0 amide bonds. The fourth-order valence-electron chi connectivity index (χ4n) is 4.67. The molecule has 3 aliphatic rings. The van der Waals surface area contributed by atoms with Crippen LogP contribution in [-0.2, 0) is 4.74 Å². The second kappa shape index (κ2) is 3.95. The highest BCUT2D eigenvalue weighted by Crippen LogP contribution is 2.58. The van der Waals surface area contributed by atoms with Gasteiger partial charge in [0.05, 0.1) is 23.9 Å². The molecule has 18 heavy (non-hydrogen) atoms. The molecule has 0 aromatic carbocycles. The van der Waals surface area contributed by atoms with Gasteiger partial charge in [-0.2, -0.15) is 5.26 Å². The highest BCUT2D eigenvalue weighted by Gasteiger charge is 2.65. The summed E-state index contributed by atoms with van der Waals surface area (Å²) in [6.07, 6.45) is 5.74. The quantitative estimate of drug-likeness (QED) is 0.777. The van der Waals surface area contributed by atoms with Crippen LogP contribution < -0.4 is 0 Å². The Morgan fingerprint density at radius 1 is 1.28 bits per heavy atom. The minimum absolute atomic E-state index is 0.0339. The van der Waals surface area contributed by atoms with Gasteiger partial charge in [0.15, 0.2) is 0 Å². The van der Waals surface area contributed by atoms with Gasteiger partial charge in [0.2, 0.25) is 0 Å². The summed E-state index contributed by atoms with van der Waals surface area (Å²) in [7, 11) is 0. The summed E-state index contributed by atoms with van der Waals surface area (Å²) in [4.78, 5) is 0. The molecule has 3 nitrogen and oxygen atoms in total. The van der Waals surface area contributed by atoms with Crippen molar-refractivity contribution in [1.82, 2.24) is 0 Å². The molecule has 2 saturated heterocycles. The average Bonchev–Trinajstić information content (AvgIpc) is 2.95. The predicted octanol–water partition coefficient (Wildman–Crippen LogP) is 2.63. The summed E-state index contributed by atoms with van der Waals surface area (Å²) in [5.74, 6) is 0.861. The Morgan fingerprint density at radius 2 is 2.06 bits per heavy atom. The second-order valence-corrected chi connectivity index (χ2v) is 6.82. The van der Waals surface area contributed by atoms with E-state index in [1.807, 2.05) is 0 Å². The highest BCUT2D eigenvalue weighted by molar-refractivity contribution is 5.22. The molecule has 100 valence electrons. The van der Waals surface area contributed by atoms with Gasteiger partial charge in [-0.25, -0.2) is 0 Å². The lowest BCUT2D eigenvalue weighted by Crippen LogP contribution is -2.58. The fourth-order valence-corrected chi connectivity index (χ4v) is 4.67. The minimum Gasteiger partial charge on any atom is -0.388 e. The molecule has 1 saturated carbocycles. The maximum atomic E-state index is 11.2. The zero-order valence-corrected chi connectivity index (χ0v) is 11.4. The highest BCUT2D eigenvalue weighted by atomic mass is 16.5. The smallest absolute Gasteiger partial charge is 0.115 e. The number of hydrogen-bond donors (Lipinski definition) is 1. The van der Waals surface area contributed by atoms with Gasteiger partial charge < -0.3 is 9.84 Å². The van der Waals surface area contributed by atoms with Gasteiger partial charge in [0, 0.05) is 0 Å². The summed E-state index contributed by atoms with van der Waals surface area (Å²) in [6, 6.07) is 2.49. The molecule has 3 rings (SSSR count). The molecule has 0 spiro atoms. The van der Waals surface area contributed by atoms with E-state index >= 15 is 0 Å². The number of hydrogen-bond acceptors (Lipinski definition) is 3. The van der Waals surface area contributed by atoms with Gasteiger partial charge in [0.1, 0.15) is 5.41 Å². The molecule has 0 aromatic heterocycles. The Hall–Kier alpha value is -0.590. The lowest BCUT2D eigenvalue weighted by molar-refractivity contribution is -0.145. The van der Waals surface area contributed by atoms with Crippen molar-refractivity contribution in [2.75, 3.05) is 0 Å². The van der Waals surface area contributed by atoms with Crippen LogP contribution in [0.3, 0.4) is 0 Å². The second-order valence-electron chi connectivity index (χ2n) is 6.82. The number of nitriles is 1. The Labute approximate surface area is 109 Å². The van der Waals surface area contributed by atoms with Crippen LogP contribution in [0.5, 0.6) is 0 Å². The fraction of sp³-hybridized carbons (Fsp3) is 0.933. The van der Waals surface area contributed by atoms with Crippen LogP contribution in [0.15, 0.2) is 0 Å². The van der Waals surface area contributed by atoms with E-state index in [9.17, 15) is 10.4 Å². The topological polar surface area (TPSA) is 53.2 Å². The van der Waals surface area contributed by atoms with E-state index in [1.54, 1.807) is 0 Å². The Kier molecular flexibility index (Phi) is 2.73. The van der Waals surface area contributed by atoms with E-state index < -0.39 is 11.0 Å². The van der Waals surface area contributed by atoms with Gasteiger partial charge in [-0.15, -0.1) is 0 Å². The van der Waals surface area contributed by atoms with Crippen molar-refractivity contribution in [1.29, 1.82) is 5.26 Å². The Balaban J connectivity index is 1.94. The molecule has 1 N–H and O–H groups in total. The molecule has 3 fully saturated rings. The van der Waals surface area contributed by atoms with Crippen LogP contribution in [0.2, 0.25) is 0 Å². The van der Waals surface area contributed by atoms with E-state index in [2.05, 4.69) is 19.9 Å². The Morgan fingerprint density at radius 3 is 2.56 bits per heavy atom. The summed E-state index contributed by atoms with van der Waals surface area (Å²) in [6.45, 7) is 4.35. The zero-order chi connectivity index (χ0) is 13.0. The van der Waals surface area contributed by atoms with Crippen molar-refractivity contribution in [3.8, 4) is 6.07 Å². The van der Waals surface area contributed by atoms with Crippen molar-refractivity contribution in [3.05, 3.63) is 0 Å². The van der Waals surface area contributed by atoms with Gasteiger partial charge in [-0.1, -0.05) is 13.8 Å². The van der Waals surface area contributed by atoms with Gasteiger partial charge in [0.25, 0.3) is 0 Å². The summed E-state index contributed by atoms with van der Waals surface area (Å²) in [5.41, 5.74) is -1.48. The lowest BCUT2D eigenvalue weighted by Gasteiger charge is -2.51. The zero-order valence-electron chi connectivity index (χ0n) is 11.4. The first-order chi connectivity index (χ1) is 8.52. The molecular formula is C15H23NO2. The van der Waals surface area contributed by atoms with Gasteiger partial charge >= 0.3 is 0 Å². The van der Waals surface area contributed by atoms with Crippen molar-refractivity contribution >= 4 is 0 Å². The maximum Gasteiger partial charge on any atom is 0.115 e. The predicted molar refractivity (Wildman–Crippen MR) is 67.7 cm³/mol. The van der Waals surface area contributed by atoms with E-state index in [0.717, 1.165) is 38.5 Å². The van der Waals surface area contributed by atoms with Crippen molar-refractivity contribution in [2.45, 2.75) is 70.2 Å². The number of fused-ring (bicyclic) bond motifs is 2. The molecule has 6 atom stereocenters. The number of aliphatic hydroxyl groups is 1. The van der Waals surface area contributed by atoms with E-state index in [-0.39, 0.29) is 18.1 Å². The van der Waals surface area contributed by atoms with E-state index in [1.165, 1.54) is 0 Å². The molecule has 2 heterocycles. The van der Waals surface area contributed by atoms with Gasteiger partial charge in [-0.05, 0) is 50.4 Å². The molecule has 2 bridgehead atoms. The largest absolute Gasteiger partial charge is 0.388 e. The molecule has 6 unspecified atom stereocenters. The van der Waals surface area contributed by atoms with Crippen LogP contribution in [0, 0.1) is 28.6 Å². The summed E-state index contributed by atoms with van der Waals surface area (Å²) >= 11 is 0. The van der Waals surface area contributed by atoms with Gasteiger partial charge in [-0.3, -0.25) is 0 Å². The van der Waals surface area contributed by atoms with Crippen molar-refractivity contribution < 1.29 is 9.84 Å². The summed E-state index contributed by atoms with van der Waals surface area (Å²) in [5, 5.41) is 21.0. The average molecular weight is 249 g/mol. The monoisotopic (exact) mass is 249 g/mol. The molecular weight excluding hydrogens is 226 g/mol. The first kappa shape index (κ1) is 12.4. The van der Waals surface area contributed by atoms with Crippen LogP contribution in [0.1, 0.15) is 52.4 Å². The molecule has 0 radical (unpaired) electrons. The number of nitrogens with zero attached hydrogens (tertiary/aromatic N) is 1. The third kappa shape index (κ3) is 1.42. The van der Waals surface area contributed by atoms with E-state index in [0.29, 0.717) is 5.92 Å². The van der Waals surface area contributed by atoms with Crippen LogP contribution in [0.25, 0.3) is 0 Å². The van der Waals surface area contributed by atoms with Crippen LogP contribution in [-0.4, -0.2) is 22.9 Å². The number of rotatable bonds is 1. The SMILES string of the molecule is CC1CCC(O)(C2(C#N)CC3CCC2O3)C(C)C1. The Bertz CT molecular complexity index is 390. The lowest BCUT2D eigenvalue weighted by atomic mass is 9.55. The molecule has 1 aliphatic carbocycles. The standard InChI is InChI=1S/C15H23NO2/c1-10-5-6-15(17,11(2)7-10)14(9-16)8-12-3-4-13(14)18-12/h10-13,17H,3-8H2,1-2H3. The maximum absolute atomic E-state index is 11.2. The molecule has 3 heteroatoms. The molecule has 0 aromatic rings. The van der Waals surface area contributed by atoms with Crippen LogP contribution >= 0.6 is 0 Å². The number of ether oxygens (including phenoxy) is 1. The molecule has 2 aliphatic heterocycles. The van der Waals surface area contributed by atoms with Crippen molar-refractivity contribution in [3.63, 3.8) is 0 Å². The van der Waals surface area contributed by atoms with E-state index in [4.69, 9.17) is 4.74 Å². The van der Waals surface area contributed by atoms with Crippen molar-refractivity contribution in [2.24, 2.45) is 17.3 Å². The third-order valence-electron chi connectivity index (χ3n) is 5.77. The third-order valence-corrected chi connectivity index (χ3v) is 5.77. The first-order valence-electron chi connectivity index (χ1n) is 7.31. The summed E-state index contributed by atoms with van der Waals surface area (Å²) < 4.78 is 5.89. The minimum atomic E-state index is -0.839. The van der Waals surface area contributed by atoms with Crippen LogP contribution in [0.4, 0.5) is 0 Å².